The topological polar surface area (TPSA) is 29.5 Å². The Balaban J connectivity index is 2.13. The summed E-state index contributed by atoms with van der Waals surface area (Å²) in [4.78, 5) is 13.9. The van der Waals surface area contributed by atoms with E-state index in [1.54, 1.807) is 0 Å². The molecule has 1 aromatic carbocycles. The van der Waals surface area contributed by atoms with Crippen molar-refractivity contribution in [3.8, 4) is 0 Å². The lowest BCUT2D eigenvalue weighted by molar-refractivity contribution is -0.147. The molecule has 1 aliphatic rings. The predicted octanol–water partition coefficient (Wildman–Crippen LogP) is 2.00. The van der Waals surface area contributed by atoms with Gasteiger partial charge in [0, 0.05) is 13.1 Å². The molecule has 0 fully saturated rings. The lowest BCUT2D eigenvalue weighted by Crippen LogP contribution is -2.44. The molecule has 0 spiro atoms. The summed E-state index contributed by atoms with van der Waals surface area (Å²) in [7, 11) is 1.46. The largest absolute Gasteiger partial charge is 0.468 e. The highest BCUT2D eigenvalue weighted by Crippen LogP contribution is 2.21. The van der Waals surface area contributed by atoms with Gasteiger partial charge < -0.3 is 4.74 Å². The van der Waals surface area contributed by atoms with Gasteiger partial charge in [-0.05, 0) is 24.0 Å². The third-order valence-corrected chi connectivity index (χ3v) is 3.46. The number of carbonyl (C=O) groups is 1. The molecule has 0 aromatic heterocycles. The fraction of sp³-hybridized carbons (Fsp3) is 0.500. The molecule has 1 heterocycles. The lowest BCUT2D eigenvalue weighted by atomic mass is 9.98. The molecule has 3 heteroatoms. The molecule has 0 bridgehead atoms. The van der Waals surface area contributed by atoms with Crippen molar-refractivity contribution < 1.29 is 9.53 Å². The summed E-state index contributed by atoms with van der Waals surface area (Å²) < 4.78 is 4.86. The average Bonchev–Trinajstić information content (AvgIpc) is 2.39. The molecule has 1 aromatic rings. The molecule has 1 atom stereocenters. The number of hydrogen-bond acceptors (Lipinski definition) is 3. The quantitative estimate of drug-likeness (QED) is 0.748. The van der Waals surface area contributed by atoms with Gasteiger partial charge >= 0.3 is 5.97 Å². The van der Waals surface area contributed by atoms with Crippen molar-refractivity contribution in [2.75, 3.05) is 13.7 Å². The van der Waals surface area contributed by atoms with Gasteiger partial charge in [0.1, 0.15) is 6.04 Å². The number of fused-ring (bicyclic) bond motifs is 1. The SMILES string of the molecule is CC[C@H](C(=O)OC)N1CCc2ccccc2C1. The zero-order valence-electron chi connectivity index (χ0n) is 10.5. The maximum Gasteiger partial charge on any atom is 0.323 e. The van der Waals surface area contributed by atoms with E-state index < -0.39 is 0 Å². The van der Waals surface area contributed by atoms with E-state index in [1.165, 1.54) is 18.2 Å². The van der Waals surface area contributed by atoms with Crippen molar-refractivity contribution in [3.05, 3.63) is 35.4 Å². The van der Waals surface area contributed by atoms with Crippen LogP contribution >= 0.6 is 0 Å². The predicted molar refractivity (Wildman–Crippen MR) is 66.7 cm³/mol. The molecule has 0 radical (unpaired) electrons. The second-order valence-corrected chi connectivity index (χ2v) is 4.44. The second-order valence-electron chi connectivity index (χ2n) is 4.44. The van der Waals surface area contributed by atoms with Crippen LogP contribution < -0.4 is 0 Å². The van der Waals surface area contributed by atoms with Gasteiger partial charge in [-0.15, -0.1) is 0 Å². The van der Waals surface area contributed by atoms with E-state index in [1.807, 2.05) is 6.92 Å². The summed E-state index contributed by atoms with van der Waals surface area (Å²) in [5, 5.41) is 0. The molecule has 0 amide bonds. The van der Waals surface area contributed by atoms with Crippen molar-refractivity contribution >= 4 is 5.97 Å². The highest BCUT2D eigenvalue weighted by atomic mass is 16.5. The molecule has 0 unspecified atom stereocenters. The monoisotopic (exact) mass is 233 g/mol. The van der Waals surface area contributed by atoms with Crippen LogP contribution in [-0.4, -0.2) is 30.6 Å². The van der Waals surface area contributed by atoms with E-state index in [9.17, 15) is 4.79 Å². The summed E-state index contributed by atoms with van der Waals surface area (Å²) in [5.41, 5.74) is 2.74. The molecular weight excluding hydrogens is 214 g/mol. The standard InChI is InChI=1S/C14H19NO2/c1-3-13(14(16)17-2)15-9-8-11-6-4-5-7-12(11)10-15/h4-7,13H,3,8-10H2,1-2H3/t13-/m1/s1. The summed E-state index contributed by atoms with van der Waals surface area (Å²) in [6.45, 7) is 3.82. The number of methoxy groups -OCH3 is 1. The van der Waals surface area contributed by atoms with E-state index in [4.69, 9.17) is 4.74 Å². The number of carbonyl (C=O) groups excluding carboxylic acids is 1. The van der Waals surface area contributed by atoms with E-state index in [-0.39, 0.29) is 12.0 Å². The number of esters is 1. The zero-order chi connectivity index (χ0) is 12.3. The van der Waals surface area contributed by atoms with Gasteiger partial charge in [0.05, 0.1) is 7.11 Å². The Hall–Kier alpha value is -1.35. The minimum atomic E-state index is -0.119. The Morgan fingerprint density at radius 2 is 2.12 bits per heavy atom. The van der Waals surface area contributed by atoms with E-state index in [2.05, 4.69) is 29.2 Å². The van der Waals surface area contributed by atoms with Gasteiger partial charge in [-0.1, -0.05) is 31.2 Å². The van der Waals surface area contributed by atoms with Gasteiger partial charge in [-0.2, -0.15) is 0 Å². The smallest absolute Gasteiger partial charge is 0.323 e. The van der Waals surface area contributed by atoms with Crippen molar-refractivity contribution in [3.63, 3.8) is 0 Å². The second kappa shape index (κ2) is 5.32. The van der Waals surface area contributed by atoms with E-state index >= 15 is 0 Å². The minimum Gasteiger partial charge on any atom is -0.468 e. The Morgan fingerprint density at radius 1 is 1.41 bits per heavy atom. The molecule has 0 saturated heterocycles. The van der Waals surface area contributed by atoms with Crippen LogP contribution in [0, 0.1) is 0 Å². The van der Waals surface area contributed by atoms with Crippen LogP contribution in [0.4, 0.5) is 0 Å². The number of nitrogens with zero attached hydrogens (tertiary/aromatic N) is 1. The molecule has 0 saturated carbocycles. The van der Waals surface area contributed by atoms with Gasteiger partial charge in [-0.3, -0.25) is 9.69 Å². The molecule has 0 N–H and O–H groups in total. The number of ether oxygens (including phenoxy) is 1. The third-order valence-electron chi connectivity index (χ3n) is 3.46. The van der Waals surface area contributed by atoms with Crippen LogP contribution in [0.25, 0.3) is 0 Å². The van der Waals surface area contributed by atoms with E-state index in [0.717, 1.165) is 25.9 Å². The first-order chi connectivity index (χ1) is 8.26. The van der Waals surface area contributed by atoms with Crippen LogP contribution in [0.5, 0.6) is 0 Å². The average molecular weight is 233 g/mol. The summed E-state index contributed by atoms with van der Waals surface area (Å²) >= 11 is 0. The van der Waals surface area contributed by atoms with Crippen LogP contribution in [0.15, 0.2) is 24.3 Å². The molecule has 0 aliphatic carbocycles. The van der Waals surface area contributed by atoms with Gasteiger partial charge in [0.25, 0.3) is 0 Å². The first-order valence-electron chi connectivity index (χ1n) is 6.15. The third kappa shape index (κ3) is 2.50. The molecule has 17 heavy (non-hydrogen) atoms. The number of benzene rings is 1. The molecule has 3 nitrogen and oxygen atoms in total. The minimum absolute atomic E-state index is 0.103. The highest BCUT2D eigenvalue weighted by molar-refractivity contribution is 5.75. The maximum absolute atomic E-state index is 11.7. The molecule has 92 valence electrons. The van der Waals surface area contributed by atoms with Gasteiger partial charge in [-0.25, -0.2) is 0 Å². The summed E-state index contributed by atoms with van der Waals surface area (Å²) in [5.74, 6) is -0.119. The van der Waals surface area contributed by atoms with Crippen molar-refractivity contribution in [1.29, 1.82) is 0 Å². The number of hydrogen-bond donors (Lipinski definition) is 0. The maximum atomic E-state index is 11.7. The zero-order valence-corrected chi connectivity index (χ0v) is 10.5. The van der Waals surface area contributed by atoms with Crippen LogP contribution in [0.1, 0.15) is 24.5 Å². The first-order valence-corrected chi connectivity index (χ1v) is 6.15. The van der Waals surface area contributed by atoms with Gasteiger partial charge in [0.2, 0.25) is 0 Å². The fourth-order valence-electron chi connectivity index (χ4n) is 2.49. The van der Waals surface area contributed by atoms with Crippen LogP contribution in [0.3, 0.4) is 0 Å². The Bertz CT molecular complexity index is 403. The first kappa shape index (κ1) is 12.1. The van der Waals surface area contributed by atoms with Gasteiger partial charge in [0.15, 0.2) is 0 Å². The summed E-state index contributed by atoms with van der Waals surface area (Å²) in [6.07, 6.45) is 1.82. The highest BCUT2D eigenvalue weighted by Gasteiger charge is 2.27. The molecule has 1 aliphatic heterocycles. The molecule has 2 rings (SSSR count). The van der Waals surface area contributed by atoms with Crippen molar-refractivity contribution in [2.45, 2.75) is 32.4 Å². The van der Waals surface area contributed by atoms with Crippen LogP contribution in [-0.2, 0) is 22.5 Å². The lowest BCUT2D eigenvalue weighted by Gasteiger charge is -2.33. The van der Waals surface area contributed by atoms with Crippen molar-refractivity contribution in [1.82, 2.24) is 4.90 Å². The summed E-state index contributed by atoms with van der Waals surface area (Å²) in [6, 6.07) is 8.35. The van der Waals surface area contributed by atoms with E-state index in [0.29, 0.717) is 0 Å². The Kier molecular flexibility index (Phi) is 3.79. The fourth-order valence-corrected chi connectivity index (χ4v) is 2.49. The van der Waals surface area contributed by atoms with Crippen molar-refractivity contribution in [2.24, 2.45) is 0 Å². The Morgan fingerprint density at radius 3 is 2.76 bits per heavy atom. The normalized spacial score (nSPS) is 17.3. The van der Waals surface area contributed by atoms with Crippen LogP contribution in [0.2, 0.25) is 0 Å². The Labute approximate surface area is 102 Å². The number of rotatable bonds is 3. The molecular formula is C14H19NO2.